The highest BCUT2D eigenvalue weighted by Gasteiger charge is 2.67. The number of hydrogen-bond acceptors (Lipinski definition) is 4. The Morgan fingerprint density at radius 2 is 1.37 bits per heavy atom. The molecule has 1 aliphatic heterocycles. The third-order valence-corrected chi connectivity index (χ3v) is 9.43. The number of benzene rings is 5. The number of fused-ring (bicyclic) bond motifs is 1. The van der Waals surface area contributed by atoms with Crippen LogP contribution in [0.2, 0.25) is 0 Å². The Hall–Kier alpha value is -5.36. The van der Waals surface area contributed by atoms with Crippen LogP contribution < -0.4 is 5.43 Å². The van der Waals surface area contributed by atoms with Crippen LogP contribution >= 0.6 is 0 Å². The van der Waals surface area contributed by atoms with Gasteiger partial charge in [0, 0.05) is 17.7 Å². The summed E-state index contributed by atoms with van der Waals surface area (Å²) in [7, 11) is 0. The van der Waals surface area contributed by atoms with Crippen LogP contribution in [0.4, 0.5) is 0 Å². The lowest BCUT2D eigenvalue weighted by Crippen LogP contribution is -2.54. The van der Waals surface area contributed by atoms with E-state index in [2.05, 4.69) is 22.7 Å². The van der Waals surface area contributed by atoms with Crippen LogP contribution in [-0.4, -0.2) is 28.8 Å². The second kappa shape index (κ2) is 9.60. The van der Waals surface area contributed by atoms with Crippen LogP contribution in [0.1, 0.15) is 44.1 Å². The molecular formula is C37H27N3O3. The molecule has 5 aromatic rings. The highest BCUT2D eigenvalue weighted by molar-refractivity contribution is 6.11. The molecule has 9 rings (SSSR count). The molecule has 6 heteroatoms. The Morgan fingerprint density at radius 1 is 0.744 bits per heavy atom. The molecule has 1 saturated heterocycles. The van der Waals surface area contributed by atoms with Gasteiger partial charge in [-0.3, -0.25) is 19.3 Å². The topological polar surface area (TPSA) is 78.8 Å². The zero-order valence-electron chi connectivity index (χ0n) is 23.2. The second-order valence-electron chi connectivity index (χ2n) is 11.5. The van der Waals surface area contributed by atoms with Gasteiger partial charge in [-0.15, -0.1) is 0 Å². The van der Waals surface area contributed by atoms with Gasteiger partial charge < -0.3 is 0 Å². The summed E-state index contributed by atoms with van der Waals surface area (Å²) in [6.07, 6.45) is 1.71. The van der Waals surface area contributed by atoms with Crippen LogP contribution in [0.5, 0.6) is 0 Å². The fourth-order valence-corrected chi connectivity index (χ4v) is 7.71. The van der Waals surface area contributed by atoms with Gasteiger partial charge in [-0.05, 0) is 44.7 Å². The number of nitrogens with zero attached hydrogens (tertiary/aromatic N) is 2. The zero-order chi connectivity index (χ0) is 29.1. The summed E-state index contributed by atoms with van der Waals surface area (Å²) in [6.45, 7) is 0.218. The van der Waals surface area contributed by atoms with Gasteiger partial charge in [0.25, 0.3) is 5.91 Å². The lowest BCUT2D eigenvalue weighted by atomic mass is 9.47. The second-order valence-corrected chi connectivity index (χ2v) is 11.5. The van der Waals surface area contributed by atoms with Crippen molar-refractivity contribution in [1.29, 1.82) is 0 Å². The normalized spacial score (nSPS) is 23.3. The van der Waals surface area contributed by atoms with Gasteiger partial charge in [0.1, 0.15) is 0 Å². The van der Waals surface area contributed by atoms with Crippen molar-refractivity contribution in [2.24, 2.45) is 16.9 Å². The van der Waals surface area contributed by atoms with Crippen LogP contribution in [0.15, 0.2) is 126 Å². The standard InChI is InChI=1S/C37H27N3O3/c41-34(26-18-10-14-24-13-4-5-15-25(24)26)39-38-22-37-29-19-8-6-16-27(29)31(28-17-7-9-20-30(28)37)32-33(37)36(43)40(35(32)42)21-23-11-2-1-3-12-23/h1-20,22,31-33H,21H2,(H,39,41)/b38-22-/t31?,32-,33+,37?/m1/s1. The third-order valence-electron chi connectivity index (χ3n) is 9.43. The molecule has 0 radical (unpaired) electrons. The van der Waals surface area contributed by atoms with Gasteiger partial charge >= 0.3 is 0 Å². The Bertz CT molecular complexity index is 1930. The average molecular weight is 562 g/mol. The molecule has 0 unspecified atom stereocenters. The summed E-state index contributed by atoms with van der Waals surface area (Å²) >= 11 is 0. The molecule has 5 aromatic carbocycles. The SMILES string of the molecule is O=C(N/N=C\C12c3ccccc3C(c3ccccc31)[C@H]1C(=O)N(Cc3ccccc3)C(=O)[C@H]12)c1cccc2ccccc12. The van der Waals surface area contributed by atoms with Crippen molar-refractivity contribution in [2.45, 2.75) is 17.9 Å². The monoisotopic (exact) mass is 561 g/mol. The van der Waals surface area contributed by atoms with Crippen LogP contribution in [0, 0.1) is 11.8 Å². The highest BCUT2D eigenvalue weighted by Crippen LogP contribution is 2.63. The van der Waals surface area contributed by atoms with Crippen LogP contribution in [0.3, 0.4) is 0 Å². The molecule has 2 atom stereocenters. The molecule has 2 bridgehead atoms. The summed E-state index contributed by atoms with van der Waals surface area (Å²) in [5.74, 6) is -2.20. The molecule has 0 saturated carbocycles. The van der Waals surface area contributed by atoms with Gasteiger partial charge in [-0.1, -0.05) is 115 Å². The number of carbonyl (C=O) groups is 3. The molecular weight excluding hydrogens is 534 g/mol. The molecule has 4 aliphatic rings. The molecule has 3 aliphatic carbocycles. The predicted molar refractivity (Wildman–Crippen MR) is 164 cm³/mol. The quantitative estimate of drug-likeness (QED) is 0.167. The van der Waals surface area contributed by atoms with E-state index in [0.717, 1.165) is 38.6 Å². The van der Waals surface area contributed by atoms with Crippen molar-refractivity contribution < 1.29 is 14.4 Å². The average Bonchev–Trinajstić information content (AvgIpc) is 3.31. The van der Waals surface area contributed by atoms with E-state index in [1.807, 2.05) is 103 Å². The molecule has 43 heavy (non-hydrogen) atoms. The van der Waals surface area contributed by atoms with Crippen molar-refractivity contribution in [1.82, 2.24) is 10.3 Å². The molecule has 3 amide bonds. The number of imide groups is 1. The summed E-state index contributed by atoms with van der Waals surface area (Å²) in [5, 5.41) is 6.36. The van der Waals surface area contributed by atoms with E-state index in [-0.39, 0.29) is 30.2 Å². The molecule has 0 aromatic heterocycles. The fraction of sp³-hybridized carbons (Fsp3) is 0.135. The minimum absolute atomic E-state index is 0.162. The highest BCUT2D eigenvalue weighted by atomic mass is 16.2. The van der Waals surface area contributed by atoms with Gasteiger partial charge in [0.05, 0.1) is 23.8 Å². The molecule has 1 fully saturated rings. The van der Waals surface area contributed by atoms with E-state index >= 15 is 0 Å². The predicted octanol–water partition coefficient (Wildman–Crippen LogP) is 5.80. The number of hydrazone groups is 1. The Morgan fingerprint density at radius 3 is 2.12 bits per heavy atom. The first-order valence-corrected chi connectivity index (χ1v) is 14.5. The smallest absolute Gasteiger partial charge is 0.271 e. The minimum Gasteiger partial charge on any atom is -0.278 e. The lowest BCUT2D eigenvalue weighted by Gasteiger charge is -2.52. The van der Waals surface area contributed by atoms with Crippen molar-refractivity contribution in [3.63, 3.8) is 0 Å². The first kappa shape index (κ1) is 25.4. The third kappa shape index (κ3) is 3.59. The van der Waals surface area contributed by atoms with E-state index in [4.69, 9.17) is 0 Å². The van der Waals surface area contributed by atoms with Crippen LogP contribution in [0.25, 0.3) is 10.8 Å². The zero-order valence-corrected chi connectivity index (χ0v) is 23.2. The van der Waals surface area contributed by atoms with E-state index in [9.17, 15) is 14.4 Å². The minimum atomic E-state index is -1.03. The van der Waals surface area contributed by atoms with Gasteiger partial charge in [0.2, 0.25) is 11.8 Å². The Kier molecular flexibility index (Phi) is 5.66. The maximum atomic E-state index is 14.4. The van der Waals surface area contributed by atoms with Crippen molar-refractivity contribution in [3.05, 3.63) is 155 Å². The maximum Gasteiger partial charge on any atom is 0.271 e. The Labute approximate surface area is 248 Å². The first-order valence-electron chi connectivity index (χ1n) is 14.5. The van der Waals surface area contributed by atoms with Crippen LogP contribution in [-0.2, 0) is 21.5 Å². The number of rotatable bonds is 5. The van der Waals surface area contributed by atoms with E-state index in [1.165, 1.54) is 4.90 Å². The Balaban J connectivity index is 1.26. The summed E-state index contributed by atoms with van der Waals surface area (Å²) < 4.78 is 0. The van der Waals surface area contributed by atoms with E-state index < -0.39 is 17.3 Å². The number of amides is 3. The van der Waals surface area contributed by atoms with Gasteiger partial charge in [-0.2, -0.15) is 5.10 Å². The van der Waals surface area contributed by atoms with E-state index in [1.54, 1.807) is 12.3 Å². The molecule has 0 spiro atoms. The summed E-state index contributed by atoms with van der Waals surface area (Å²) in [4.78, 5) is 43.4. The van der Waals surface area contributed by atoms with Crippen molar-refractivity contribution in [2.75, 3.05) is 0 Å². The molecule has 208 valence electrons. The largest absolute Gasteiger partial charge is 0.278 e. The number of carbonyl (C=O) groups excluding carboxylic acids is 3. The number of likely N-dealkylation sites (tertiary alicyclic amines) is 1. The maximum absolute atomic E-state index is 14.4. The van der Waals surface area contributed by atoms with Crippen molar-refractivity contribution >= 4 is 34.7 Å². The number of hydrogen-bond donors (Lipinski definition) is 1. The first-order chi connectivity index (χ1) is 21.1. The molecule has 6 nitrogen and oxygen atoms in total. The fourth-order valence-electron chi connectivity index (χ4n) is 7.71. The van der Waals surface area contributed by atoms with Gasteiger partial charge in [0.15, 0.2) is 0 Å². The molecule has 1 heterocycles. The van der Waals surface area contributed by atoms with E-state index in [0.29, 0.717) is 5.56 Å². The molecule has 1 N–H and O–H groups in total. The van der Waals surface area contributed by atoms with Gasteiger partial charge in [-0.25, -0.2) is 5.43 Å². The number of nitrogens with one attached hydrogen (secondary N) is 1. The summed E-state index contributed by atoms with van der Waals surface area (Å²) in [6, 6.07) is 39.0. The van der Waals surface area contributed by atoms with Crippen molar-refractivity contribution in [3.8, 4) is 0 Å². The lowest BCUT2D eigenvalue weighted by molar-refractivity contribution is -0.140. The summed E-state index contributed by atoms with van der Waals surface area (Å²) in [5.41, 5.74) is 7.09.